The van der Waals surface area contributed by atoms with Gasteiger partial charge < -0.3 is 5.11 Å². The fourth-order valence-electron chi connectivity index (χ4n) is 1.77. The van der Waals surface area contributed by atoms with E-state index in [1.807, 2.05) is 19.1 Å². The van der Waals surface area contributed by atoms with Gasteiger partial charge in [0, 0.05) is 5.39 Å². The van der Waals surface area contributed by atoms with Gasteiger partial charge in [-0.3, -0.25) is 0 Å². The molecule has 0 atom stereocenters. The summed E-state index contributed by atoms with van der Waals surface area (Å²) in [5.41, 5.74) is 3.04. The Bertz CT molecular complexity index is 561. The van der Waals surface area contributed by atoms with Crippen LogP contribution in [0.5, 0.6) is 0 Å². The van der Waals surface area contributed by atoms with Crippen molar-refractivity contribution >= 4 is 16.9 Å². The molecule has 3 nitrogen and oxygen atoms in total. The third kappa shape index (κ3) is 1.76. The summed E-state index contributed by atoms with van der Waals surface area (Å²) < 4.78 is 0. The number of pyridine rings is 1. The zero-order valence-corrected chi connectivity index (χ0v) is 9.32. The van der Waals surface area contributed by atoms with Crippen molar-refractivity contribution in [2.24, 2.45) is 0 Å². The van der Waals surface area contributed by atoms with E-state index >= 15 is 0 Å². The lowest BCUT2D eigenvalue weighted by molar-refractivity contribution is 0.0691. The second kappa shape index (κ2) is 3.93. The Kier molecular flexibility index (Phi) is 2.60. The van der Waals surface area contributed by atoms with E-state index in [1.165, 1.54) is 5.56 Å². The van der Waals surface area contributed by atoms with Crippen LogP contribution in [-0.4, -0.2) is 16.1 Å². The van der Waals surface area contributed by atoms with Gasteiger partial charge in [-0.2, -0.15) is 0 Å². The number of nitrogens with zero attached hydrogens (tertiary/aromatic N) is 1. The van der Waals surface area contributed by atoms with Crippen LogP contribution in [0.1, 0.15) is 28.5 Å². The molecule has 0 saturated heterocycles. The smallest absolute Gasteiger partial charge is 0.354 e. The van der Waals surface area contributed by atoms with E-state index in [-0.39, 0.29) is 5.69 Å². The summed E-state index contributed by atoms with van der Waals surface area (Å²) in [5.74, 6) is -0.982. The number of hydrogen-bond acceptors (Lipinski definition) is 2. The fraction of sp³-hybridized carbons (Fsp3) is 0.231. The van der Waals surface area contributed by atoms with E-state index in [9.17, 15) is 4.79 Å². The zero-order chi connectivity index (χ0) is 11.7. The van der Waals surface area contributed by atoms with Crippen LogP contribution in [0.25, 0.3) is 10.9 Å². The maximum Gasteiger partial charge on any atom is 0.354 e. The van der Waals surface area contributed by atoms with E-state index in [4.69, 9.17) is 5.11 Å². The average Bonchev–Trinajstić information content (AvgIpc) is 2.28. The molecule has 0 bridgehead atoms. The van der Waals surface area contributed by atoms with E-state index in [1.54, 1.807) is 6.07 Å². The minimum Gasteiger partial charge on any atom is -0.477 e. The van der Waals surface area contributed by atoms with Crippen LogP contribution in [-0.2, 0) is 6.42 Å². The third-order valence-corrected chi connectivity index (χ3v) is 2.71. The highest BCUT2D eigenvalue weighted by Gasteiger charge is 2.08. The Morgan fingerprint density at radius 2 is 2.12 bits per heavy atom. The van der Waals surface area contributed by atoms with Gasteiger partial charge in [-0.15, -0.1) is 0 Å². The molecule has 1 heterocycles. The summed E-state index contributed by atoms with van der Waals surface area (Å²) in [7, 11) is 0. The summed E-state index contributed by atoms with van der Waals surface area (Å²) in [4.78, 5) is 15.0. The van der Waals surface area contributed by atoms with Crippen molar-refractivity contribution in [1.29, 1.82) is 0 Å². The lowest BCUT2D eigenvalue weighted by atomic mass is 10.0. The first kappa shape index (κ1) is 10.6. The van der Waals surface area contributed by atoms with Gasteiger partial charge >= 0.3 is 5.97 Å². The lowest BCUT2D eigenvalue weighted by Gasteiger charge is -2.05. The Morgan fingerprint density at radius 3 is 2.75 bits per heavy atom. The normalized spacial score (nSPS) is 10.6. The molecule has 0 radical (unpaired) electrons. The molecule has 2 rings (SSSR count). The maximum atomic E-state index is 10.9. The topological polar surface area (TPSA) is 50.2 Å². The molecule has 2 aromatic rings. The second-order valence-electron chi connectivity index (χ2n) is 3.83. The van der Waals surface area contributed by atoms with Crippen LogP contribution in [0.15, 0.2) is 24.3 Å². The van der Waals surface area contributed by atoms with Crippen molar-refractivity contribution in [3.05, 3.63) is 41.1 Å². The van der Waals surface area contributed by atoms with E-state index in [2.05, 4.69) is 18.0 Å². The molecule has 0 saturated carbocycles. The predicted molar refractivity (Wildman–Crippen MR) is 62.8 cm³/mol. The molecule has 1 aromatic carbocycles. The van der Waals surface area contributed by atoms with Crippen molar-refractivity contribution in [3.63, 3.8) is 0 Å². The second-order valence-corrected chi connectivity index (χ2v) is 3.83. The minimum atomic E-state index is -0.982. The Morgan fingerprint density at radius 1 is 1.38 bits per heavy atom. The highest BCUT2D eigenvalue weighted by atomic mass is 16.4. The van der Waals surface area contributed by atoms with Crippen molar-refractivity contribution in [1.82, 2.24) is 4.98 Å². The van der Waals surface area contributed by atoms with Crippen LogP contribution in [0.2, 0.25) is 0 Å². The first-order valence-electron chi connectivity index (χ1n) is 5.25. The Hall–Kier alpha value is -1.90. The van der Waals surface area contributed by atoms with Crippen molar-refractivity contribution < 1.29 is 9.90 Å². The van der Waals surface area contributed by atoms with E-state index < -0.39 is 5.97 Å². The highest BCUT2D eigenvalue weighted by molar-refractivity contribution is 5.91. The van der Waals surface area contributed by atoms with Gasteiger partial charge in [-0.25, -0.2) is 9.78 Å². The van der Waals surface area contributed by atoms with Gasteiger partial charge in [0.25, 0.3) is 0 Å². The molecular formula is C13H13NO2. The molecule has 1 aromatic heterocycles. The molecular weight excluding hydrogens is 202 g/mol. The molecule has 82 valence electrons. The molecule has 0 unspecified atom stereocenters. The highest BCUT2D eigenvalue weighted by Crippen LogP contribution is 2.19. The molecule has 16 heavy (non-hydrogen) atoms. The van der Waals surface area contributed by atoms with Gasteiger partial charge in [0.15, 0.2) is 0 Å². The van der Waals surface area contributed by atoms with Gasteiger partial charge in [-0.05, 0) is 42.7 Å². The first-order chi connectivity index (χ1) is 7.61. The number of rotatable bonds is 2. The van der Waals surface area contributed by atoms with Crippen molar-refractivity contribution in [3.8, 4) is 0 Å². The summed E-state index contributed by atoms with van der Waals surface area (Å²) in [6, 6.07) is 7.56. The van der Waals surface area contributed by atoms with Crippen LogP contribution in [0, 0.1) is 6.92 Å². The van der Waals surface area contributed by atoms with Crippen LogP contribution in [0.4, 0.5) is 0 Å². The molecule has 0 aliphatic rings. The van der Waals surface area contributed by atoms with Gasteiger partial charge in [0.1, 0.15) is 5.69 Å². The lowest BCUT2D eigenvalue weighted by Crippen LogP contribution is -2.01. The molecule has 0 amide bonds. The number of hydrogen-bond donors (Lipinski definition) is 1. The number of aromatic nitrogens is 1. The van der Waals surface area contributed by atoms with E-state index in [0.717, 1.165) is 22.9 Å². The van der Waals surface area contributed by atoms with E-state index in [0.29, 0.717) is 0 Å². The molecule has 0 fully saturated rings. The average molecular weight is 215 g/mol. The summed E-state index contributed by atoms with van der Waals surface area (Å²) >= 11 is 0. The standard InChI is InChI=1S/C13H13NO2/c1-3-9-4-5-11-10(7-9)8(2)6-12(14-11)13(15)16/h4-7H,3H2,1-2H3,(H,15,16). The number of aryl methyl sites for hydroxylation is 2. The van der Waals surface area contributed by atoms with Gasteiger partial charge in [0.05, 0.1) is 5.52 Å². The Balaban J connectivity index is 2.71. The minimum absolute atomic E-state index is 0.106. The zero-order valence-electron chi connectivity index (χ0n) is 9.32. The van der Waals surface area contributed by atoms with Crippen LogP contribution < -0.4 is 0 Å². The predicted octanol–water partition coefficient (Wildman–Crippen LogP) is 2.80. The summed E-state index contributed by atoms with van der Waals surface area (Å²) in [6.45, 7) is 4.01. The number of carboxylic acids is 1. The number of benzene rings is 1. The quantitative estimate of drug-likeness (QED) is 0.838. The van der Waals surface area contributed by atoms with Crippen molar-refractivity contribution in [2.45, 2.75) is 20.3 Å². The number of carbonyl (C=O) groups is 1. The number of fused-ring (bicyclic) bond motifs is 1. The number of aromatic carboxylic acids is 1. The Labute approximate surface area is 93.7 Å². The SMILES string of the molecule is CCc1ccc2nc(C(=O)O)cc(C)c2c1. The summed E-state index contributed by atoms with van der Waals surface area (Å²) in [5, 5.41) is 9.94. The molecule has 0 spiro atoms. The maximum absolute atomic E-state index is 10.9. The summed E-state index contributed by atoms with van der Waals surface area (Å²) in [6.07, 6.45) is 0.968. The van der Waals surface area contributed by atoms with Crippen LogP contribution >= 0.6 is 0 Å². The van der Waals surface area contributed by atoms with Gasteiger partial charge in [0.2, 0.25) is 0 Å². The first-order valence-corrected chi connectivity index (χ1v) is 5.25. The fourth-order valence-corrected chi connectivity index (χ4v) is 1.77. The third-order valence-electron chi connectivity index (χ3n) is 2.71. The molecule has 0 aliphatic heterocycles. The molecule has 1 N–H and O–H groups in total. The van der Waals surface area contributed by atoms with Crippen molar-refractivity contribution in [2.75, 3.05) is 0 Å². The largest absolute Gasteiger partial charge is 0.477 e. The monoisotopic (exact) mass is 215 g/mol. The van der Waals surface area contributed by atoms with Gasteiger partial charge in [-0.1, -0.05) is 13.0 Å². The number of carboxylic acid groups (broad SMARTS) is 1. The molecule has 0 aliphatic carbocycles. The molecule has 3 heteroatoms. The van der Waals surface area contributed by atoms with Crippen LogP contribution in [0.3, 0.4) is 0 Å².